The van der Waals surface area contributed by atoms with Crippen LogP contribution in [0.25, 0.3) is 0 Å². The summed E-state index contributed by atoms with van der Waals surface area (Å²) in [6, 6.07) is 0. The van der Waals surface area contributed by atoms with E-state index in [9.17, 15) is 24.0 Å². The molecule has 2 spiro atoms. The van der Waals surface area contributed by atoms with Gasteiger partial charge >= 0.3 is 17.9 Å². The average molecular weight is 811 g/mol. The Kier molecular flexibility index (Phi) is 15.3. The molecule has 0 aromatic rings. The van der Waals surface area contributed by atoms with Gasteiger partial charge < -0.3 is 35.9 Å². The summed E-state index contributed by atoms with van der Waals surface area (Å²) >= 11 is 0. The number of Topliss-reactive ketones (excluding diaryl/α,β-unsaturated/α-hetero) is 1. The Morgan fingerprint density at radius 3 is 2.22 bits per heavy atom. The van der Waals surface area contributed by atoms with E-state index in [1.54, 1.807) is 6.92 Å². The molecule has 5 aliphatic carbocycles. The van der Waals surface area contributed by atoms with Crippen molar-refractivity contribution in [3.63, 3.8) is 0 Å². The number of carbonyl (C=O) groups excluding carboxylic acids is 5. The summed E-state index contributed by atoms with van der Waals surface area (Å²) < 4.78 is 17.6. The minimum absolute atomic E-state index is 0.0286. The van der Waals surface area contributed by atoms with E-state index in [1.165, 1.54) is 13.8 Å². The normalized spacial score (nSPS) is 34.7. The number of hydrogen-bond acceptors (Lipinski definition) is 12. The molecule has 0 heterocycles. The largest absolute Gasteiger partial charge is 0.464 e. The summed E-state index contributed by atoms with van der Waals surface area (Å²) in [4.78, 5) is 65.1. The van der Waals surface area contributed by atoms with E-state index in [0.717, 1.165) is 84.0 Å². The molecule has 12 nitrogen and oxygen atoms in total. The molecule has 0 aromatic carbocycles. The minimum Gasteiger partial charge on any atom is -0.464 e. The van der Waals surface area contributed by atoms with Crippen LogP contribution in [0, 0.1) is 57.2 Å². The van der Waals surface area contributed by atoms with Crippen molar-refractivity contribution >= 4 is 29.5 Å². The maximum atomic E-state index is 14.4. The van der Waals surface area contributed by atoms with Gasteiger partial charge in [0.15, 0.2) is 17.7 Å². The first-order chi connectivity index (χ1) is 27.5. The molecule has 0 saturated heterocycles. The van der Waals surface area contributed by atoms with Gasteiger partial charge in [-0.3, -0.25) is 24.0 Å². The van der Waals surface area contributed by atoms with Gasteiger partial charge in [0.25, 0.3) is 0 Å². The van der Waals surface area contributed by atoms with Gasteiger partial charge in [0.05, 0.1) is 13.2 Å². The predicted molar refractivity (Wildman–Crippen MR) is 223 cm³/mol. The van der Waals surface area contributed by atoms with Crippen LogP contribution >= 0.6 is 0 Å². The number of allylic oxidation sites excluding steroid dienone is 2. The molecule has 4 saturated carbocycles. The molecule has 0 amide bonds. The highest BCUT2D eigenvalue weighted by Crippen LogP contribution is 2.87. The molecule has 326 valence electrons. The van der Waals surface area contributed by atoms with E-state index in [2.05, 4.69) is 49.4 Å². The molecule has 4 fully saturated rings. The fourth-order valence-electron chi connectivity index (χ4n) is 12.7. The minimum atomic E-state index is -1.15. The molecule has 0 radical (unpaired) electrons. The SMILES string of the molecule is C=C(C(=O)[C@H](OC(C)=O)C(C)[C@H]1[C@@H](OC(C)=O)C[C@@]2(C)[C@@H]3CC[C@H]4[C@H](C)C(=O)C=CC45CC35CC[C@]12C)[C@@H](C)COC(=O)CNCCCNCCCCNCCCN. The number of esters is 3. The van der Waals surface area contributed by atoms with Gasteiger partial charge in [-0.2, -0.15) is 0 Å². The van der Waals surface area contributed by atoms with E-state index >= 15 is 0 Å². The van der Waals surface area contributed by atoms with Gasteiger partial charge in [0, 0.05) is 37.5 Å². The first kappa shape index (κ1) is 46.1. The Bertz CT molecular complexity index is 1570. The molecular weight excluding hydrogens is 737 g/mol. The van der Waals surface area contributed by atoms with Crippen LogP contribution < -0.4 is 21.7 Å². The Labute approximate surface area is 347 Å². The molecule has 5 rings (SSSR count). The third-order valence-electron chi connectivity index (χ3n) is 15.8. The number of nitrogens with one attached hydrogen (secondary N) is 3. The zero-order valence-electron chi connectivity index (χ0n) is 36.6. The number of carbonyl (C=O) groups is 5. The van der Waals surface area contributed by atoms with Crippen molar-refractivity contribution in [2.45, 2.75) is 125 Å². The Balaban J connectivity index is 1.17. The smallest absolute Gasteiger partial charge is 0.319 e. The van der Waals surface area contributed by atoms with Crippen molar-refractivity contribution in [2.24, 2.45) is 62.9 Å². The second kappa shape index (κ2) is 19.2. The highest BCUT2D eigenvalue weighted by molar-refractivity contribution is 6.00. The maximum absolute atomic E-state index is 14.4. The van der Waals surface area contributed by atoms with E-state index in [0.29, 0.717) is 31.3 Å². The molecule has 5 aliphatic rings. The summed E-state index contributed by atoms with van der Waals surface area (Å²) in [7, 11) is 0. The lowest BCUT2D eigenvalue weighted by Crippen LogP contribution is -2.56. The average Bonchev–Trinajstić information content (AvgIpc) is 3.79. The van der Waals surface area contributed by atoms with E-state index in [1.807, 2.05) is 13.0 Å². The monoisotopic (exact) mass is 811 g/mol. The van der Waals surface area contributed by atoms with Gasteiger partial charge in [-0.15, -0.1) is 0 Å². The topological polar surface area (TPSA) is 175 Å². The van der Waals surface area contributed by atoms with Crippen LogP contribution in [0.2, 0.25) is 0 Å². The van der Waals surface area contributed by atoms with Gasteiger partial charge in [-0.1, -0.05) is 47.3 Å². The number of unbranched alkanes of at least 4 members (excludes halogenated alkanes) is 1. The number of ketones is 2. The summed E-state index contributed by atoms with van der Waals surface area (Å²) in [5.74, 6) is -2.05. The van der Waals surface area contributed by atoms with Crippen LogP contribution in [0.4, 0.5) is 0 Å². The van der Waals surface area contributed by atoms with Crippen molar-refractivity contribution in [1.82, 2.24) is 16.0 Å². The van der Waals surface area contributed by atoms with Crippen LogP contribution in [0.1, 0.15) is 113 Å². The fourth-order valence-corrected chi connectivity index (χ4v) is 12.7. The molecule has 0 aromatic heterocycles. The summed E-state index contributed by atoms with van der Waals surface area (Å²) in [5, 5.41) is 9.94. The van der Waals surface area contributed by atoms with Crippen LogP contribution in [0.5, 0.6) is 0 Å². The lowest BCUT2D eigenvalue weighted by Gasteiger charge is -2.61. The summed E-state index contributed by atoms with van der Waals surface area (Å²) in [6.07, 6.45) is 12.2. The second-order valence-electron chi connectivity index (χ2n) is 19.1. The van der Waals surface area contributed by atoms with Crippen LogP contribution in [0.15, 0.2) is 24.3 Å². The summed E-state index contributed by atoms with van der Waals surface area (Å²) in [5.41, 5.74) is 5.33. The zero-order valence-corrected chi connectivity index (χ0v) is 36.6. The number of fused-ring (bicyclic) bond motifs is 2. The quantitative estimate of drug-likeness (QED) is 0.0467. The van der Waals surface area contributed by atoms with Crippen molar-refractivity contribution in [1.29, 1.82) is 0 Å². The Morgan fingerprint density at radius 2 is 1.57 bits per heavy atom. The highest BCUT2D eigenvalue weighted by Gasteiger charge is 2.81. The van der Waals surface area contributed by atoms with Crippen molar-refractivity contribution in [3.05, 3.63) is 24.3 Å². The van der Waals surface area contributed by atoms with Crippen LogP contribution in [0.3, 0.4) is 0 Å². The second-order valence-corrected chi connectivity index (χ2v) is 19.1. The molecule has 58 heavy (non-hydrogen) atoms. The molecular formula is C46H74N4O8. The maximum Gasteiger partial charge on any atom is 0.319 e. The third kappa shape index (κ3) is 9.05. The Morgan fingerprint density at radius 1 is 0.914 bits per heavy atom. The lowest BCUT2D eigenvalue weighted by molar-refractivity contribution is -0.166. The van der Waals surface area contributed by atoms with Crippen LogP contribution in [-0.2, 0) is 38.2 Å². The van der Waals surface area contributed by atoms with E-state index in [-0.39, 0.29) is 64.0 Å². The lowest BCUT2D eigenvalue weighted by atomic mass is 9.43. The fraction of sp³-hybridized carbons (Fsp3) is 0.804. The van der Waals surface area contributed by atoms with Crippen molar-refractivity contribution in [2.75, 3.05) is 52.4 Å². The van der Waals surface area contributed by atoms with Gasteiger partial charge in [-0.25, -0.2) is 0 Å². The Hall–Kier alpha value is -2.93. The van der Waals surface area contributed by atoms with Crippen molar-refractivity contribution in [3.8, 4) is 0 Å². The number of hydrogen-bond donors (Lipinski definition) is 4. The zero-order chi connectivity index (χ0) is 42.5. The molecule has 3 unspecified atom stereocenters. The van der Waals surface area contributed by atoms with Gasteiger partial charge in [0.2, 0.25) is 0 Å². The molecule has 12 atom stereocenters. The molecule has 12 heteroatoms. The molecule has 5 N–H and O–H groups in total. The number of ether oxygens (including phenoxy) is 3. The summed E-state index contributed by atoms with van der Waals surface area (Å²) in [6.45, 7) is 22.5. The van der Waals surface area contributed by atoms with Gasteiger partial charge in [0.1, 0.15) is 6.10 Å². The standard InChI is InChI=1S/C46H74N4O8/c1-29(27-56-39(54)26-50-24-12-23-49-21-10-9-20-48-22-11-19-47)30(2)41(55)42(58-34(6)52)32(4)40-37(57-33(5)51)25-44(8)38-14-13-35-31(3)36(53)15-16-45(35)28-46(38,45)18-17-43(40,44)7/h15-16,29,31-32,35,37-38,40,42,48-50H,2,9-14,17-28,47H2,1,3-8H3/t29-,31-,32?,35-,37-,38-,40-,42+,43+,44-,45?,46?/m0/s1. The highest BCUT2D eigenvalue weighted by atomic mass is 16.6. The van der Waals surface area contributed by atoms with Gasteiger partial charge in [-0.05, 0) is 149 Å². The van der Waals surface area contributed by atoms with Crippen molar-refractivity contribution < 1.29 is 38.2 Å². The predicted octanol–water partition coefficient (Wildman–Crippen LogP) is 5.08. The first-order valence-electron chi connectivity index (χ1n) is 22.3. The third-order valence-corrected chi connectivity index (χ3v) is 15.8. The number of rotatable bonds is 23. The first-order valence-corrected chi connectivity index (χ1v) is 22.3. The molecule has 0 bridgehead atoms. The molecule has 0 aliphatic heterocycles. The van der Waals surface area contributed by atoms with Crippen LogP contribution in [-0.4, -0.2) is 94.1 Å². The van der Waals surface area contributed by atoms with E-state index < -0.39 is 41.8 Å². The number of nitrogens with two attached hydrogens (primary N) is 1. The van der Waals surface area contributed by atoms with E-state index in [4.69, 9.17) is 19.9 Å².